The number of halogens is 2. The van der Waals surface area contributed by atoms with Gasteiger partial charge in [-0.2, -0.15) is 0 Å². The van der Waals surface area contributed by atoms with E-state index in [1.807, 2.05) is 13.0 Å². The number of carbonyl (C=O) groups is 3. The lowest BCUT2D eigenvalue weighted by atomic mass is 10.2. The second-order valence-electron chi connectivity index (χ2n) is 5.72. The molecule has 0 heterocycles. The highest BCUT2D eigenvalue weighted by Gasteiger charge is 2.11. The fraction of sp³-hybridized carbons (Fsp3) is 0.211. The third-order valence-corrected chi connectivity index (χ3v) is 4.26. The van der Waals surface area contributed by atoms with Crippen LogP contribution in [0.4, 0.5) is 11.4 Å². The number of hydrogen-bond donors (Lipinski definition) is 2. The van der Waals surface area contributed by atoms with E-state index < -0.39 is 18.5 Å². The topological polar surface area (TPSA) is 84.5 Å². The molecule has 6 nitrogen and oxygen atoms in total. The van der Waals surface area contributed by atoms with Crippen molar-refractivity contribution in [3.63, 3.8) is 0 Å². The van der Waals surface area contributed by atoms with Gasteiger partial charge in [-0.05, 0) is 55.0 Å². The zero-order chi connectivity index (χ0) is 19.8. The normalized spacial score (nSPS) is 10.2. The molecule has 0 aliphatic rings. The van der Waals surface area contributed by atoms with E-state index in [4.69, 9.17) is 16.3 Å². The van der Waals surface area contributed by atoms with Crippen LogP contribution in [0.1, 0.15) is 18.4 Å². The summed E-state index contributed by atoms with van der Waals surface area (Å²) in [6.07, 6.45) is -0.168. The molecule has 0 atom stereocenters. The minimum absolute atomic E-state index is 0.0467. The van der Waals surface area contributed by atoms with Gasteiger partial charge in [0.05, 0.1) is 6.42 Å². The maximum absolute atomic E-state index is 11.9. The first-order chi connectivity index (χ1) is 12.8. The summed E-state index contributed by atoms with van der Waals surface area (Å²) < 4.78 is 5.80. The van der Waals surface area contributed by atoms with E-state index in [0.29, 0.717) is 16.4 Å². The summed E-state index contributed by atoms with van der Waals surface area (Å²) in [5.41, 5.74) is 2.10. The zero-order valence-corrected chi connectivity index (χ0v) is 16.9. The van der Waals surface area contributed by atoms with Gasteiger partial charge in [0, 0.05) is 27.3 Å². The average molecular weight is 454 g/mol. The maximum Gasteiger partial charge on any atom is 0.306 e. The lowest BCUT2D eigenvalue weighted by Gasteiger charge is -2.09. The third-order valence-electron chi connectivity index (χ3n) is 3.51. The van der Waals surface area contributed by atoms with Gasteiger partial charge in [0.2, 0.25) is 5.91 Å². The fourth-order valence-corrected chi connectivity index (χ4v) is 2.75. The molecule has 2 N–H and O–H groups in total. The first-order valence-electron chi connectivity index (χ1n) is 8.10. The van der Waals surface area contributed by atoms with Crippen LogP contribution in [0.2, 0.25) is 5.02 Å². The monoisotopic (exact) mass is 452 g/mol. The number of amides is 2. The number of esters is 1. The molecular weight excluding hydrogens is 436 g/mol. The van der Waals surface area contributed by atoms with Gasteiger partial charge in [-0.25, -0.2) is 0 Å². The molecule has 8 heteroatoms. The Bertz CT molecular complexity index is 840. The average Bonchev–Trinajstić information content (AvgIpc) is 2.62. The Labute approximate surface area is 170 Å². The van der Waals surface area contributed by atoms with Crippen molar-refractivity contribution >= 4 is 56.7 Å². The summed E-state index contributed by atoms with van der Waals surface area (Å²) in [5.74, 6) is -1.40. The minimum atomic E-state index is -0.621. The van der Waals surface area contributed by atoms with Gasteiger partial charge in [0.15, 0.2) is 6.61 Å². The predicted molar refractivity (Wildman–Crippen MR) is 108 cm³/mol. The molecule has 2 amide bonds. The standard InChI is InChI=1S/C19H18BrClN2O4/c1-12-10-13(20)2-7-16(12)23-18(25)11-27-19(26)9-8-17(24)22-15-5-3-14(21)4-6-15/h2-7,10H,8-9,11H2,1H3,(H,22,24)(H,23,25). The van der Waals surface area contributed by atoms with Gasteiger partial charge >= 0.3 is 5.97 Å². The van der Waals surface area contributed by atoms with Crippen molar-refractivity contribution in [1.29, 1.82) is 0 Å². The molecule has 0 aliphatic heterocycles. The molecule has 0 bridgehead atoms. The Hall–Kier alpha value is -2.38. The lowest BCUT2D eigenvalue weighted by molar-refractivity contribution is -0.147. The van der Waals surface area contributed by atoms with Gasteiger partial charge in [-0.1, -0.05) is 27.5 Å². The van der Waals surface area contributed by atoms with Crippen LogP contribution in [0.3, 0.4) is 0 Å². The van der Waals surface area contributed by atoms with Crippen molar-refractivity contribution in [3.05, 3.63) is 57.5 Å². The number of carbonyl (C=O) groups excluding carboxylic acids is 3. The van der Waals surface area contributed by atoms with E-state index in [-0.39, 0.29) is 18.7 Å². The summed E-state index contributed by atoms with van der Waals surface area (Å²) in [7, 11) is 0. The fourth-order valence-electron chi connectivity index (χ4n) is 2.14. The molecule has 0 aliphatic carbocycles. The quantitative estimate of drug-likeness (QED) is 0.612. The molecule has 0 aromatic heterocycles. The van der Waals surface area contributed by atoms with E-state index in [0.717, 1.165) is 10.0 Å². The lowest BCUT2D eigenvalue weighted by Crippen LogP contribution is -2.22. The summed E-state index contributed by atoms with van der Waals surface area (Å²) in [5, 5.41) is 5.88. The second-order valence-corrected chi connectivity index (χ2v) is 7.08. The zero-order valence-electron chi connectivity index (χ0n) is 14.6. The number of benzene rings is 2. The van der Waals surface area contributed by atoms with E-state index in [1.165, 1.54) is 0 Å². The molecule has 0 saturated carbocycles. The van der Waals surface area contributed by atoms with Crippen molar-refractivity contribution < 1.29 is 19.1 Å². The van der Waals surface area contributed by atoms with Crippen molar-refractivity contribution in [1.82, 2.24) is 0 Å². The van der Waals surface area contributed by atoms with E-state index in [1.54, 1.807) is 36.4 Å². The molecule has 2 aromatic carbocycles. The second kappa shape index (κ2) is 10.1. The Kier molecular flexibility index (Phi) is 7.82. The van der Waals surface area contributed by atoms with Crippen LogP contribution in [0.5, 0.6) is 0 Å². The molecule has 27 heavy (non-hydrogen) atoms. The van der Waals surface area contributed by atoms with Crippen LogP contribution in [0.25, 0.3) is 0 Å². The number of hydrogen-bond acceptors (Lipinski definition) is 4. The van der Waals surface area contributed by atoms with Crippen LogP contribution >= 0.6 is 27.5 Å². The summed E-state index contributed by atoms with van der Waals surface area (Å²) in [4.78, 5) is 35.4. The maximum atomic E-state index is 11.9. The molecule has 0 unspecified atom stereocenters. The first-order valence-corrected chi connectivity index (χ1v) is 9.27. The third kappa shape index (κ3) is 7.40. The minimum Gasteiger partial charge on any atom is -0.456 e. The summed E-state index contributed by atoms with van der Waals surface area (Å²) in [6, 6.07) is 12.0. The van der Waals surface area contributed by atoms with Crippen molar-refractivity contribution in [3.8, 4) is 0 Å². The van der Waals surface area contributed by atoms with Crippen molar-refractivity contribution in [2.24, 2.45) is 0 Å². The number of aryl methyl sites for hydroxylation is 1. The summed E-state index contributed by atoms with van der Waals surface area (Å²) in [6.45, 7) is 1.44. The molecular formula is C19H18BrClN2O4. The number of nitrogens with one attached hydrogen (secondary N) is 2. The number of anilines is 2. The molecule has 0 radical (unpaired) electrons. The van der Waals surface area contributed by atoms with Gasteiger partial charge in [0.1, 0.15) is 0 Å². The molecule has 2 rings (SSSR count). The molecule has 2 aromatic rings. The Balaban J connectivity index is 1.69. The first kappa shape index (κ1) is 20.9. The van der Waals surface area contributed by atoms with Crippen LogP contribution in [0, 0.1) is 6.92 Å². The van der Waals surface area contributed by atoms with Gasteiger partial charge in [-0.3, -0.25) is 14.4 Å². The molecule has 0 spiro atoms. The molecule has 142 valence electrons. The van der Waals surface area contributed by atoms with Gasteiger partial charge in [-0.15, -0.1) is 0 Å². The number of ether oxygens (including phenoxy) is 1. The number of rotatable bonds is 7. The highest BCUT2D eigenvalue weighted by molar-refractivity contribution is 9.10. The Morgan fingerprint density at radius 3 is 2.37 bits per heavy atom. The smallest absolute Gasteiger partial charge is 0.306 e. The van der Waals surface area contributed by atoms with Crippen molar-refractivity contribution in [2.45, 2.75) is 19.8 Å². The van der Waals surface area contributed by atoms with Crippen LogP contribution < -0.4 is 10.6 Å². The van der Waals surface area contributed by atoms with E-state index in [2.05, 4.69) is 26.6 Å². The van der Waals surface area contributed by atoms with Crippen LogP contribution in [-0.4, -0.2) is 24.4 Å². The van der Waals surface area contributed by atoms with E-state index in [9.17, 15) is 14.4 Å². The van der Waals surface area contributed by atoms with Gasteiger partial charge in [0.25, 0.3) is 5.91 Å². The van der Waals surface area contributed by atoms with Crippen molar-refractivity contribution in [2.75, 3.05) is 17.2 Å². The predicted octanol–water partition coefficient (Wildman–Crippen LogP) is 4.31. The van der Waals surface area contributed by atoms with Crippen LogP contribution in [0.15, 0.2) is 46.9 Å². The molecule has 0 saturated heterocycles. The largest absolute Gasteiger partial charge is 0.456 e. The highest BCUT2D eigenvalue weighted by atomic mass is 79.9. The molecule has 0 fully saturated rings. The summed E-state index contributed by atoms with van der Waals surface area (Å²) >= 11 is 9.11. The SMILES string of the molecule is Cc1cc(Br)ccc1NC(=O)COC(=O)CCC(=O)Nc1ccc(Cl)cc1. The Morgan fingerprint density at radius 2 is 1.70 bits per heavy atom. The Morgan fingerprint density at radius 1 is 1.00 bits per heavy atom. The van der Waals surface area contributed by atoms with Crippen LogP contribution in [-0.2, 0) is 19.1 Å². The van der Waals surface area contributed by atoms with Gasteiger partial charge < -0.3 is 15.4 Å². The van der Waals surface area contributed by atoms with E-state index >= 15 is 0 Å². The highest BCUT2D eigenvalue weighted by Crippen LogP contribution is 2.20.